The maximum Gasteiger partial charge on any atom is 0.243 e. The Balaban J connectivity index is 1.67. The van der Waals surface area contributed by atoms with Gasteiger partial charge in [0.25, 0.3) is 0 Å². The highest BCUT2D eigenvalue weighted by Gasteiger charge is 2.27. The largest absolute Gasteiger partial charge is 0.373 e. The van der Waals surface area contributed by atoms with Crippen LogP contribution in [0.2, 0.25) is 0 Å². The van der Waals surface area contributed by atoms with Crippen molar-refractivity contribution in [3.63, 3.8) is 0 Å². The third-order valence-corrected chi connectivity index (χ3v) is 4.54. The molecule has 2 unspecified atom stereocenters. The predicted molar refractivity (Wildman–Crippen MR) is 88.3 cm³/mol. The van der Waals surface area contributed by atoms with E-state index in [-0.39, 0.29) is 18.0 Å². The van der Waals surface area contributed by atoms with Gasteiger partial charge in [0.1, 0.15) is 6.04 Å². The molecule has 0 spiro atoms. The summed E-state index contributed by atoms with van der Waals surface area (Å²) in [6, 6.07) is 15.8. The Hall–Kier alpha value is -1.81. The van der Waals surface area contributed by atoms with Crippen molar-refractivity contribution in [2.24, 2.45) is 0 Å². The van der Waals surface area contributed by atoms with Crippen LogP contribution in [0.4, 0.5) is 5.69 Å². The fourth-order valence-electron chi connectivity index (χ4n) is 2.67. The zero-order valence-corrected chi connectivity index (χ0v) is 13.4. The van der Waals surface area contributed by atoms with Gasteiger partial charge in [-0.1, -0.05) is 52.3 Å². The summed E-state index contributed by atoms with van der Waals surface area (Å²) in [5.41, 5.74) is 3.35. The minimum atomic E-state index is -0.188. The molecule has 4 heteroatoms. The molecule has 0 aromatic heterocycles. The summed E-state index contributed by atoms with van der Waals surface area (Å²) in [6.07, 6.45) is 0.741. The number of amides is 1. The van der Waals surface area contributed by atoms with Crippen LogP contribution < -0.4 is 10.6 Å². The highest BCUT2D eigenvalue weighted by molar-refractivity contribution is 9.10. The minimum Gasteiger partial charge on any atom is -0.373 e. The number of fused-ring (bicyclic) bond motifs is 1. The Morgan fingerprint density at radius 1 is 1.24 bits per heavy atom. The molecule has 108 valence electrons. The number of para-hydroxylation sites is 1. The van der Waals surface area contributed by atoms with Gasteiger partial charge in [0, 0.05) is 16.6 Å². The van der Waals surface area contributed by atoms with Gasteiger partial charge in [0.15, 0.2) is 0 Å². The van der Waals surface area contributed by atoms with E-state index in [4.69, 9.17) is 0 Å². The van der Waals surface area contributed by atoms with E-state index in [1.54, 1.807) is 0 Å². The topological polar surface area (TPSA) is 41.1 Å². The predicted octanol–water partition coefficient (Wildman–Crippen LogP) is 3.66. The molecule has 3 nitrogen and oxygen atoms in total. The first kappa shape index (κ1) is 14.1. The van der Waals surface area contributed by atoms with Crippen LogP contribution in [0.15, 0.2) is 53.0 Å². The molecule has 0 fully saturated rings. The highest BCUT2D eigenvalue weighted by Crippen LogP contribution is 2.26. The van der Waals surface area contributed by atoms with Gasteiger partial charge in [-0.2, -0.15) is 0 Å². The van der Waals surface area contributed by atoms with Gasteiger partial charge in [0.2, 0.25) is 5.91 Å². The van der Waals surface area contributed by atoms with Crippen LogP contribution in [0, 0.1) is 0 Å². The van der Waals surface area contributed by atoms with Crippen molar-refractivity contribution in [2.75, 3.05) is 5.32 Å². The van der Waals surface area contributed by atoms with Crippen molar-refractivity contribution in [2.45, 2.75) is 25.4 Å². The third kappa shape index (κ3) is 2.95. The fraction of sp³-hybridized carbons (Fsp3) is 0.235. The summed E-state index contributed by atoms with van der Waals surface area (Å²) in [6.45, 7) is 2.00. The van der Waals surface area contributed by atoms with Gasteiger partial charge in [-0.25, -0.2) is 0 Å². The van der Waals surface area contributed by atoms with Gasteiger partial charge in [-0.05, 0) is 30.2 Å². The van der Waals surface area contributed by atoms with Crippen LogP contribution in [-0.2, 0) is 11.2 Å². The first-order valence-corrected chi connectivity index (χ1v) is 7.83. The number of benzene rings is 2. The maximum absolute atomic E-state index is 12.4. The Morgan fingerprint density at radius 3 is 2.71 bits per heavy atom. The van der Waals surface area contributed by atoms with Crippen LogP contribution >= 0.6 is 15.9 Å². The number of halogens is 1. The summed E-state index contributed by atoms with van der Waals surface area (Å²) < 4.78 is 1.01. The lowest BCUT2D eigenvalue weighted by Crippen LogP contribution is -2.39. The third-order valence-electron chi connectivity index (χ3n) is 3.82. The lowest BCUT2D eigenvalue weighted by molar-refractivity contribution is -0.122. The zero-order chi connectivity index (χ0) is 14.8. The van der Waals surface area contributed by atoms with E-state index < -0.39 is 0 Å². The van der Waals surface area contributed by atoms with Gasteiger partial charge in [-0.15, -0.1) is 0 Å². The van der Waals surface area contributed by atoms with Gasteiger partial charge in [0.05, 0.1) is 6.04 Å². The Morgan fingerprint density at radius 2 is 1.95 bits per heavy atom. The number of rotatable bonds is 3. The van der Waals surface area contributed by atoms with Gasteiger partial charge in [-0.3, -0.25) is 4.79 Å². The molecule has 1 aliphatic heterocycles. The van der Waals surface area contributed by atoms with Crippen LogP contribution in [0.25, 0.3) is 0 Å². The average Bonchev–Trinajstić information content (AvgIpc) is 2.91. The first-order chi connectivity index (χ1) is 10.1. The molecule has 2 aromatic carbocycles. The fourth-order valence-corrected chi connectivity index (χ4v) is 3.30. The maximum atomic E-state index is 12.4. The van der Waals surface area contributed by atoms with Crippen molar-refractivity contribution >= 4 is 27.5 Å². The summed E-state index contributed by atoms with van der Waals surface area (Å²) in [4.78, 5) is 12.4. The molecular weight excluding hydrogens is 328 g/mol. The van der Waals surface area contributed by atoms with Crippen molar-refractivity contribution in [1.29, 1.82) is 0 Å². The van der Waals surface area contributed by atoms with E-state index in [1.165, 1.54) is 5.56 Å². The van der Waals surface area contributed by atoms with Crippen LogP contribution in [0.5, 0.6) is 0 Å². The normalized spacial score (nSPS) is 17.7. The number of hydrogen-bond acceptors (Lipinski definition) is 2. The smallest absolute Gasteiger partial charge is 0.243 e. The van der Waals surface area contributed by atoms with Crippen LogP contribution in [-0.4, -0.2) is 11.9 Å². The molecule has 2 atom stereocenters. The molecule has 1 aliphatic rings. The number of hydrogen-bond donors (Lipinski definition) is 2. The molecular formula is C17H17BrN2O. The number of anilines is 1. The second-order valence-electron chi connectivity index (χ2n) is 5.31. The molecule has 2 N–H and O–H groups in total. The summed E-state index contributed by atoms with van der Waals surface area (Å²) >= 11 is 3.53. The average molecular weight is 345 g/mol. The summed E-state index contributed by atoms with van der Waals surface area (Å²) in [5, 5.41) is 6.36. The monoisotopic (exact) mass is 344 g/mol. The molecule has 0 aliphatic carbocycles. The van der Waals surface area contributed by atoms with E-state index in [0.29, 0.717) is 0 Å². The summed E-state index contributed by atoms with van der Waals surface area (Å²) in [7, 11) is 0. The number of nitrogens with one attached hydrogen (secondary N) is 2. The van der Waals surface area contributed by atoms with Crippen molar-refractivity contribution in [3.05, 3.63) is 64.1 Å². The van der Waals surface area contributed by atoms with Crippen molar-refractivity contribution in [3.8, 4) is 0 Å². The highest BCUT2D eigenvalue weighted by atomic mass is 79.9. The van der Waals surface area contributed by atoms with Gasteiger partial charge >= 0.3 is 0 Å². The first-order valence-electron chi connectivity index (χ1n) is 7.04. The molecule has 1 amide bonds. The molecule has 0 saturated heterocycles. The molecule has 0 radical (unpaired) electrons. The van der Waals surface area contributed by atoms with Crippen molar-refractivity contribution < 1.29 is 4.79 Å². The van der Waals surface area contributed by atoms with E-state index in [0.717, 1.165) is 22.1 Å². The lowest BCUT2D eigenvalue weighted by atomic mass is 10.1. The standard InChI is InChI=1S/C17H17BrN2O/c1-11(13-7-3-4-8-14(13)18)19-17(21)16-10-12-6-2-5-9-15(12)20-16/h2-9,11,16,20H,10H2,1H3,(H,19,21). The molecule has 0 bridgehead atoms. The molecule has 0 saturated carbocycles. The van der Waals surface area contributed by atoms with E-state index >= 15 is 0 Å². The second kappa shape index (κ2) is 5.90. The zero-order valence-electron chi connectivity index (χ0n) is 11.8. The Labute approximate surface area is 132 Å². The minimum absolute atomic E-state index is 0.0291. The van der Waals surface area contributed by atoms with E-state index in [9.17, 15) is 4.79 Å². The molecule has 21 heavy (non-hydrogen) atoms. The van der Waals surface area contributed by atoms with Crippen molar-refractivity contribution in [1.82, 2.24) is 5.32 Å². The van der Waals surface area contributed by atoms with Crippen LogP contribution in [0.3, 0.4) is 0 Å². The molecule has 1 heterocycles. The SMILES string of the molecule is CC(NC(=O)C1Cc2ccccc2N1)c1ccccc1Br. The van der Waals surface area contributed by atoms with Gasteiger partial charge < -0.3 is 10.6 Å². The molecule has 2 aromatic rings. The van der Waals surface area contributed by atoms with E-state index in [2.05, 4.69) is 32.6 Å². The summed E-state index contributed by atoms with van der Waals surface area (Å²) in [5.74, 6) is 0.0365. The Kier molecular flexibility index (Phi) is 3.97. The van der Waals surface area contributed by atoms with Crippen LogP contribution in [0.1, 0.15) is 24.1 Å². The lowest BCUT2D eigenvalue weighted by Gasteiger charge is -2.19. The Bertz CT molecular complexity index is 646. The number of carbonyl (C=O) groups is 1. The quantitative estimate of drug-likeness (QED) is 0.891. The van der Waals surface area contributed by atoms with E-state index in [1.807, 2.05) is 49.4 Å². The molecule has 3 rings (SSSR count). The second-order valence-corrected chi connectivity index (χ2v) is 6.16. The number of carbonyl (C=O) groups excluding carboxylic acids is 1.